The standard InChI is InChI=1S/C17H27N3O4S/c1-6-13(9-18-15(23)24-16(3,4)5)14(22)19-10-17(11-19)20(12(2)21)7-8-25-17/h9,13H,6-8,10-11H2,1-5H3. The summed E-state index contributed by atoms with van der Waals surface area (Å²) in [6.07, 6.45) is 1.25. The molecule has 1 atom stereocenters. The van der Waals surface area contributed by atoms with Crippen LogP contribution in [0.4, 0.5) is 4.79 Å². The predicted molar refractivity (Wildman–Crippen MR) is 97.7 cm³/mol. The van der Waals surface area contributed by atoms with Gasteiger partial charge in [0.2, 0.25) is 11.8 Å². The number of rotatable bonds is 3. The van der Waals surface area contributed by atoms with Crippen LogP contribution in [-0.2, 0) is 14.3 Å². The van der Waals surface area contributed by atoms with E-state index in [0.29, 0.717) is 19.5 Å². The maximum atomic E-state index is 12.6. The van der Waals surface area contributed by atoms with Crippen molar-refractivity contribution in [1.82, 2.24) is 9.80 Å². The minimum absolute atomic E-state index is 0.0515. The largest absolute Gasteiger partial charge is 0.442 e. The van der Waals surface area contributed by atoms with Gasteiger partial charge in [-0.15, -0.1) is 11.8 Å². The molecule has 0 bridgehead atoms. The molecule has 0 aromatic rings. The molecule has 25 heavy (non-hydrogen) atoms. The fourth-order valence-electron chi connectivity index (χ4n) is 3.04. The Kier molecular flexibility index (Phi) is 5.81. The number of carbonyl (C=O) groups excluding carboxylic acids is 3. The lowest BCUT2D eigenvalue weighted by molar-refractivity contribution is -0.148. The molecular weight excluding hydrogens is 342 g/mol. The summed E-state index contributed by atoms with van der Waals surface area (Å²) in [5.74, 6) is 0.438. The van der Waals surface area contributed by atoms with Crippen molar-refractivity contribution in [3.05, 3.63) is 0 Å². The molecule has 0 aromatic heterocycles. The number of hydrogen-bond donors (Lipinski definition) is 0. The number of amides is 3. The highest BCUT2D eigenvalue weighted by Crippen LogP contribution is 2.43. The van der Waals surface area contributed by atoms with Crippen molar-refractivity contribution in [2.75, 3.05) is 25.4 Å². The molecule has 2 aliphatic rings. The smallest absolute Gasteiger partial charge is 0.433 e. The third kappa shape index (κ3) is 4.54. The van der Waals surface area contributed by atoms with E-state index in [1.165, 1.54) is 6.21 Å². The van der Waals surface area contributed by atoms with Gasteiger partial charge in [0.1, 0.15) is 10.5 Å². The maximum Gasteiger partial charge on any atom is 0.433 e. The number of carbonyl (C=O) groups is 3. The fourth-order valence-corrected chi connectivity index (χ4v) is 4.56. The van der Waals surface area contributed by atoms with Crippen LogP contribution in [-0.4, -0.2) is 69.8 Å². The average molecular weight is 369 g/mol. The second-order valence-electron chi connectivity index (χ2n) is 7.43. The third-order valence-electron chi connectivity index (χ3n) is 4.26. The zero-order valence-corrected chi connectivity index (χ0v) is 16.4. The molecule has 8 heteroatoms. The summed E-state index contributed by atoms with van der Waals surface area (Å²) in [4.78, 5) is 43.2. The summed E-state index contributed by atoms with van der Waals surface area (Å²) >= 11 is 1.74. The molecule has 7 nitrogen and oxygen atoms in total. The normalized spacial score (nSPS) is 20.7. The van der Waals surface area contributed by atoms with Gasteiger partial charge in [-0.2, -0.15) is 4.99 Å². The molecule has 1 unspecified atom stereocenters. The summed E-state index contributed by atoms with van der Waals surface area (Å²) in [5, 5.41) is 0. The van der Waals surface area contributed by atoms with Crippen LogP contribution in [0.5, 0.6) is 0 Å². The van der Waals surface area contributed by atoms with E-state index in [4.69, 9.17) is 4.74 Å². The summed E-state index contributed by atoms with van der Waals surface area (Å²) in [6.45, 7) is 10.6. The van der Waals surface area contributed by atoms with Crippen LogP contribution in [0.1, 0.15) is 41.0 Å². The van der Waals surface area contributed by atoms with Gasteiger partial charge in [-0.25, -0.2) is 4.79 Å². The molecule has 2 heterocycles. The Labute approximate surface area is 153 Å². The Balaban J connectivity index is 1.93. The molecule has 0 radical (unpaired) electrons. The van der Waals surface area contributed by atoms with Gasteiger partial charge < -0.3 is 14.5 Å². The number of nitrogens with zero attached hydrogens (tertiary/aromatic N) is 3. The van der Waals surface area contributed by atoms with Crippen LogP contribution in [0, 0.1) is 5.92 Å². The highest BCUT2D eigenvalue weighted by Gasteiger charge is 2.54. The van der Waals surface area contributed by atoms with Crippen LogP contribution in [0.15, 0.2) is 4.99 Å². The van der Waals surface area contributed by atoms with E-state index in [0.717, 1.165) is 12.3 Å². The third-order valence-corrected chi connectivity index (χ3v) is 5.66. The molecule has 0 aliphatic carbocycles. The van der Waals surface area contributed by atoms with E-state index >= 15 is 0 Å². The van der Waals surface area contributed by atoms with Crippen LogP contribution < -0.4 is 0 Å². The molecule has 3 amide bonds. The monoisotopic (exact) mass is 369 g/mol. The Morgan fingerprint density at radius 2 is 1.96 bits per heavy atom. The molecule has 2 saturated heterocycles. The topological polar surface area (TPSA) is 79.3 Å². The molecule has 0 N–H and O–H groups in total. The molecular formula is C17H27N3O4S. The quantitative estimate of drug-likeness (QED) is 0.712. The van der Waals surface area contributed by atoms with Gasteiger partial charge in [0.05, 0.1) is 19.0 Å². The molecule has 2 fully saturated rings. The summed E-state index contributed by atoms with van der Waals surface area (Å²) < 4.78 is 5.12. The number of aliphatic imine (C=N–C) groups is 1. The Morgan fingerprint density at radius 3 is 2.48 bits per heavy atom. The van der Waals surface area contributed by atoms with Gasteiger partial charge in [-0.05, 0) is 27.2 Å². The highest BCUT2D eigenvalue weighted by molar-refractivity contribution is 8.01. The van der Waals surface area contributed by atoms with Gasteiger partial charge in [0, 0.05) is 25.4 Å². The van der Waals surface area contributed by atoms with Crippen LogP contribution in [0.3, 0.4) is 0 Å². The molecule has 0 aromatic carbocycles. The SMILES string of the molecule is CCC(C=NC(=O)OC(C)(C)C)C(=O)N1CC2(C1)SCCN2C(C)=O. The maximum absolute atomic E-state index is 12.6. The summed E-state index contributed by atoms with van der Waals surface area (Å²) in [5.41, 5.74) is -0.611. The molecule has 0 saturated carbocycles. The molecule has 1 spiro atoms. The summed E-state index contributed by atoms with van der Waals surface area (Å²) in [7, 11) is 0. The van der Waals surface area contributed by atoms with Gasteiger partial charge in [-0.3, -0.25) is 9.59 Å². The van der Waals surface area contributed by atoms with Gasteiger partial charge >= 0.3 is 6.09 Å². The van der Waals surface area contributed by atoms with E-state index in [1.54, 1.807) is 44.4 Å². The first-order chi connectivity index (χ1) is 11.6. The molecule has 2 rings (SSSR count). The predicted octanol–water partition coefficient (Wildman–Crippen LogP) is 2.15. The number of hydrogen-bond acceptors (Lipinski definition) is 5. The zero-order valence-electron chi connectivity index (χ0n) is 15.6. The van der Waals surface area contributed by atoms with Gasteiger partial charge in [-0.1, -0.05) is 6.92 Å². The van der Waals surface area contributed by atoms with Gasteiger partial charge in [0.15, 0.2) is 0 Å². The van der Waals surface area contributed by atoms with E-state index in [2.05, 4.69) is 4.99 Å². The van der Waals surface area contributed by atoms with Crippen molar-refractivity contribution < 1.29 is 19.1 Å². The second kappa shape index (κ2) is 7.35. The Morgan fingerprint density at radius 1 is 1.32 bits per heavy atom. The first-order valence-corrected chi connectivity index (χ1v) is 9.54. The minimum atomic E-state index is -0.687. The number of thioether (sulfide) groups is 1. The fraction of sp³-hybridized carbons (Fsp3) is 0.765. The number of likely N-dealkylation sites (tertiary alicyclic amines) is 1. The van der Waals surface area contributed by atoms with Gasteiger partial charge in [0.25, 0.3) is 0 Å². The first kappa shape index (κ1) is 19.8. The van der Waals surface area contributed by atoms with Crippen LogP contribution in [0.2, 0.25) is 0 Å². The zero-order chi connectivity index (χ0) is 18.8. The Bertz CT molecular complexity index is 579. The number of ether oxygens (including phenoxy) is 1. The average Bonchev–Trinajstić information content (AvgIpc) is 2.89. The Hall–Kier alpha value is -1.57. The minimum Gasteiger partial charge on any atom is -0.442 e. The van der Waals surface area contributed by atoms with E-state index in [1.807, 2.05) is 11.8 Å². The van der Waals surface area contributed by atoms with Crippen molar-refractivity contribution in [3.63, 3.8) is 0 Å². The molecule has 2 aliphatic heterocycles. The lowest BCUT2D eigenvalue weighted by Crippen LogP contribution is -2.68. The first-order valence-electron chi connectivity index (χ1n) is 8.56. The van der Waals surface area contributed by atoms with E-state index in [-0.39, 0.29) is 16.7 Å². The second-order valence-corrected chi connectivity index (χ2v) is 8.89. The molecule has 140 valence electrons. The van der Waals surface area contributed by atoms with Crippen molar-refractivity contribution in [2.24, 2.45) is 10.9 Å². The van der Waals surface area contributed by atoms with E-state index in [9.17, 15) is 14.4 Å². The van der Waals surface area contributed by atoms with Crippen molar-refractivity contribution in [2.45, 2.75) is 51.5 Å². The van der Waals surface area contributed by atoms with Crippen LogP contribution in [0.25, 0.3) is 0 Å². The van der Waals surface area contributed by atoms with Crippen LogP contribution >= 0.6 is 11.8 Å². The van der Waals surface area contributed by atoms with Crippen molar-refractivity contribution >= 4 is 35.9 Å². The summed E-state index contributed by atoms with van der Waals surface area (Å²) in [6, 6.07) is 0. The van der Waals surface area contributed by atoms with Crippen molar-refractivity contribution in [3.8, 4) is 0 Å². The highest BCUT2D eigenvalue weighted by atomic mass is 32.2. The lowest BCUT2D eigenvalue weighted by Gasteiger charge is -2.52. The lowest BCUT2D eigenvalue weighted by atomic mass is 10.00. The van der Waals surface area contributed by atoms with E-state index < -0.39 is 17.6 Å². The van der Waals surface area contributed by atoms with Crippen molar-refractivity contribution in [1.29, 1.82) is 0 Å².